The average molecular weight is 198 g/mol. The van der Waals surface area contributed by atoms with Crippen molar-refractivity contribution >= 4 is 11.8 Å². The molecular formula is C9H14N2OS. The molecular weight excluding hydrogens is 184 g/mol. The number of rotatable bonds is 2. The van der Waals surface area contributed by atoms with Crippen LogP contribution in [0, 0.1) is 6.92 Å². The highest BCUT2D eigenvalue weighted by atomic mass is 32.2. The maximum absolute atomic E-state index is 5.47. The first-order valence-corrected chi connectivity index (χ1v) is 5.70. The molecule has 1 fully saturated rings. The van der Waals surface area contributed by atoms with Crippen LogP contribution in [0.4, 0.5) is 0 Å². The van der Waals surface area contributed by atoms with E-state index in [1.165, 1.54) is 17.9 Å². The zero-order valence-electron chi connectivity index (χ0n) is 7.75. The second-order valence-electron chi connectivity index (χ2n) is 3.31. The quantitative estimate of drug-likeness (QED) is 0.785. The third-order valence-electron chi connectivity index (χ3n) is 2.37. The molecule has 1 atom stereocenters. The van der Waals surface area contributed by atoms with E-state index >= 15 is 0 Å². The molecule has 13 heavy (non-hydrogen) atoms. The van der Waals surface area contributed by atoms with Crippen molar-refractivity contribution in [3.8, 4) is 0 Å². The predicted molar refractivity (Wildman–Crippen MR) is 53.8 cm³/mol. The van der Waals surface area contributed by atoms with Crippen LogP contribution >= 0.6 is 11.8 Å². The fourth-order valence-electron chi connectivity index (χ4n) is 1.68. The van der Waals surface area contributed by atoms with Gasteiger partial charge in [0.15, 0.2) is 0 Å². The van der Waals surface area contributed by atoms with Crippen molar-refractivity contribution in [1.29, 1.82) is 0 Å². The summed E-state index contributed by atoms with van der Waals surface area (Å²) in [6.45, 7) is 2.38. The van der Waals surface area contributed by atoms with E-state index in [0.29, 0.717) is 18.4 Å². The van der Waals surface area contributed by atoms with E-state index in [4.69, 9.17) is 10.2 Å². The number of nitrogens with two attached hydrogens (primary N) is 1. The standard InChI is InChI=1S/C9H14N2OS/c1-6-9(7-2-3-13-5-7)11-8(4-10)12-6/h7H,2-5,10H2,1H3. The fraction of sp³-hybridized carbons (Fsp3) is 0.667. The second kappa shape index (κ2) is 3.72. The number of thioether (sulfide) groups is 1. The summed E-state index contributed by atoms with van der Waals surface area (Å²) in [5, 5.41) is 0. The highest BCUT2D eigenvalue weighted by Crippen LogP contribution is 2.33. The summed E-state index contributed by atoms with van der Waals surface area (Å²) in [6, 6.07) is 0. The molecule has 0 radical (unpaired) electrons. The van der Waals surface area contributed by atoms with Crippen LogP contribution in [-0.4, -0.2) is 16.5 Å². The topological polar surface area (TPSA) is 52.0 Å². The molecule has 1 aliphatic heterocycles. The van der Waals surface area contributed by atoms with Crippen molar-refractivity contribution in [1.82, 2.24) is 4.98 Å². The van der Waals surface area contributed by atoms with Crippen LogP contribution in [0.25, 0.3) is 0 Å². The Labute approximate surface area is 82.1 Å². The normalized spacial score (nSPS) is 22.5. The Morgan fingerprint density at radius 2 is 2.54 bits per heavy atom. The van der Waals surface area contributed by atoms with Gasteiger partial charge in [0, 0.05) is 11.7 Å². The zero-order valence-corrected chi connectivity index (χ0v) is 8.56. The first-order chi connectivity index (χ1) is 6.31. The third kappa shape index (κ3) is 1.74. The van der Waals surface area contributed by atoms with Gasteiger partial charge < -0.3 is 10.2 Å². The van der Waals surface area contributed by atoms with Gasteiger partial charge in [0.1, 0.15) is 5.76 Å². The first-order valence-electron chi connectivity index (χ1n) is 4.55. The van der Waals surface area contributed by atoms with E-state index in [9.17, 15) is 0 Å². The van der Waals surface area contributed by atoms with Gasteiger partial charge in [0.2, 0.25) is 5.89 Å². The molecule has 1 aromatic rings. The molecule has 1 unspecified atom stereocenters. The predicted octanol–water partition coefficient (Wildman–Crippen LogP) is 1.66. The molecule has 0 aliphatic carbocycles. The minimum absolute atomic E-state index is 0.403. The summed E-state index contributed by atoms with van der Waals surface area (Å²) in [5.41, 5.74) is 6.60. The Hall–Kier alpha value is -0.480. The van der Waals surface area contributed by atoms with Crippen molar-refractivity contribution in [3.63, 3.8) is 0 Å². The molecule has 0 spiro atoms. The first kappa shape index (κ1) is 9.09. The van der Waals surface area contributed by atoms with Gasteiger partial charge in [0.05, 0.1) is 12.2 Å². The van der Waals surface area contributed by atoms with E-state index in [0.717, 1.165) is 11.5 Å². The molecule has 0 bridgehead atoms. The molecule has 2 rings (SSSR count). The van der Waals surface area contributed by atoms with Gasteiger partial charge in [-0.2, -0.15) is 11.8 Å². The summed E-state index contributed by atoms with van der Waals surface area (Å²) >= 11 is 1.99. The van der Waals surface area contributed by atoms with Gasteiger partial charge in [-0.05, 0) is 19.1 Å². The Morgan fingerprint density at radius 1 is 1.69 bits per heavy atom. The molecule has 0 aromatic carbocycles. The van der Waals surface area contributed by atoms with Crippen LogP contribution in [-0.2, 0) is 6.54 Å². The average Bonchev–Trinajstić information content (AvgIpc) is 2.72. The van der Waals surface area contributed by atoms with E-state index in [2.05, 4.69) is 4.98 Å². The van der Waals surface area contributed by atoms with Crippen molar-refractivity contribution in [3.05, 3.63) is 17.3 Å². The van der Waals surface area contributed by atoms with Gasteiger partial charge in [-0.25, -0.2) is 4.98 Å². The molecule has 3 nitrogen and oxygen atoms in total. The monoisotopic (exact) mass is 198 g/mol. The molecule has 0 saturated carbocycles. The smallest absolute Gasteiger partial charge is 0.208 e. The van der Waals surface area contributed by atoms with Crippen molar-refractivity contribution in [2.75, 3.05) is 11.5 Å². The zero-order chi connectivity index (χ0) is 9.26. The second-order valence-corrected chi connectivity index (χ2v) is 4.46. The molecule has 1 aliphatic rings. The number of aromatic nitrogens is 1. The Balaban J connectivity index is 2.22. The molecule has 2 N–H and O–H groups in total. The maximum Gasteiger partial charge on any atom is 0.208 e. The minimum atomic E-state index is 0.403. The molecule has 4 heteroatoms. The van der Waals surface area contributed by atoms with Crippen LogP contribution in [0.1, 0.15) is 29.7 Å². The van der Waals surface area contributed by atoms with Crippen LogP contribution in [0.3, 0.4) is 0 Å². The molecule has 1 saturated heterocycles. The summed E-state index contributed by atoms with van der Waals surface area (Å²) in [6.07, 6.45) is 1.22. The lowest BCUT2D eigenvalue weighted by atomic mass is 10.0. The number of nitrogens with zero attached hydrogens (tertiary/aromatic N) is 1. The summed E-state index contributed by atoms with van der Waals surface area (Å²) in [7, 11) is 0. The number of hydrogen-bond donors (Lipinski definition) is 1. The van der Waals surface area contributed by atoms with E-state index in [1.54, 1.807) is 0 Å². The van der Waals surface area contributed by atoms with Crippen LogP contribution in [0.15, 0.2) is 4.42 Å². The number of aryl methyl sites for hydroxylation is 1. The van der Waals surface area contributed by atoms with Gasteiger partial charge in [-0.15, -0.1) is 0 Å². The highest BCUT2D eigenvalue weighted by molar-refractivity contribution is 7.99. The molecule has 72 valence electrons. The Bertz CT molecular complexity index is 292. The van der Waals surface area contributed by atoms with E-state index in [1.807, 2.05) is 18.7 Å². The third-order valence-corrected chi connectivity index (χ3v) is 3.53. The van der Waals surface area contributed by atoms with Crippen molar-refractivity contribution in [2.45, 2.75) is 25.8 Å². The molecule has 1 aromatic heterocycles. The SMILES string of the molecule is Cc1oc(CN)nc1C1CCSC1. The van der Waals surface area contributed by atoms with Gasteiger partial charge in [-0.1, -0.05) is 0 Å². The van der Waals surface area contributed by atoms with Gasteiger partial charge >= 0.3 is 0 Å². The molecule has 2 heterocycles. The summed E-state index contributed by atoms with van der Waals surface area (Å²) < 4.78 is 5.43. The lowest BCUT2D eigenvalue weighted by Gasteiger charge is -2.02. The molecule has 0 amide bonds. The van der Waals surface area contributed by atoms with Crippen LogP contribution < -0.4 is 5.73 Å². The lowest BCUT2D eigenvalue weighted by Crippen LogP contribution is -2.00. The fourth-order valence-corrected chi connectivity index (χ4v) is 2.91. The van der Waals surface area contributed by atoms with Crippen LogP contribution in [0.2, 0.25) is 0 Å². The van der Waals surface area contributed by atoms with Crippen molar-refractivity contribution in [2.24, 2.45) is 5.73 Å². The van der Waals surface area contributed by atoms with Crippen molar-refractivity contribution < 1.29 is 4.42 Å². The highest BCUT2D eigenvalue weighted by Gasteiger charge is 2.23. The Morgan fingerprint density at radius 3 is 3.08 bits per heavy atom. The largest absolute Gasteiger partial charge is 0.444 e. The minimum Gasteiger partial charge on any atom is -0.444 e. The number of hydrogen-bond acceptors (Lipinski definition) is 4. The van der Waals surface area contributed by atoms with Crippen LogP contribution in [0.5, 0.6) is 0 Å². The number of oxazole rings is 1. The summed E-state index contributed by atoms with van der Waals surface area (Å²) in [5.74, 6) is 4.64. The van der Waals surface area contributed by atoms with E-state index in [-0.39, 0.29) is 0 Å². The van der Waals surface area contributed by atoms with E-state index < -0.39 is 0 Å². The Kier molecular flexibility index (Phi) is 2.60. The summed E-state index contributed by atoms with van der Waals surface area (Å²) in [4.78, 5) is 4.41. The maximum atomic E-state index is 5.47. The van der Waals surface area contributed by atoms with Gasteiger partial charge in [-0.3, -0.25) is 0 Å². The van der Waals surface area contributed by atoms with Gasteiger partial charge in [0.25, 0.3) is 0 Å². The lowest BCUT2D eigenvalue weighted by molar-refractivity contribution is 0.471.